The predicted molar refractivity (Wildman–Crippen MR) is 94.8 cm³/mol. The van der Waals surface area contributed by atoms with Crippen LogP contribution in [0.1, 0.15) is 11.1 Å². The molecule has 120 valence electrons. The number of para-hydroxylation sites is 1. The maximum absolute atomic E-state index is 12.3. The van der Waals surface area contributed by atoms with E-state index >= 15 is 0 Å². The minimum absolute atomic E-state index is 0.174. The standard InChI is InChI=1S/C19H14ClNO3/c20-16-7-3-1-5-13(16)11-21-18(22)10-9-14-12-24-17-8-4-2-6-15(17)19(14)23/h1-10,12H,11H2,(H,21,22)/b10-9+. The van der Waals surface area contributed by atoms with Gasteiger partial charge in [-0.2, -0.15) is 0 Å². The van der Waals surface area contributed by atoms with Gasteiger partial charge in [-0.15, -0.1) is 0 Å². The topological polar surface area (TPSA) is 59.3 Å². The van der Waals surface area contributed by atoms with Gasteiger partial charge < -0.3 is 9.73 Å². The molecule has 2 aromatic carbocycles. The third kappa shape index (κ3) is 3.55. The van der Waals surface area contributed by atoms with Gasteiger partial charge in [0.05, 0.1) is 10.9 Å². The molecule has 5 heteroatoms. The molecular weight excluding hydrogens is 326 g/mol. The van der Waals surface area contributed by atoms with Crippen LogP contribution in [0.5, 0.6) is 0 Å². The second kappa shape index (κ2) is 7.15. The molecule has 3 rings (SSSR count). The number of carbonyl (C=O) groups is 1. The molecule has 1 heterocycles. The van der Waals surface area contributed by atoms with E-state index in [0.717, 1.165) is 5.56 Å². The lowest BCUT2D eigenvalue weighted by atomic mass is 10.1. The number of nitrogens with one attached hydrogen (secondary N) is 1. The van der Waals surface area contributed by atoms with Gasteiger partial charge in [-0.1, -0.05) is 41.9 Å². The van der Waals surface area contributed by atoms with Crippen molar-refractivity contribution < 1.29 is 9.21 Å². The Morgan fingerprint density at radius 3 is 2.71 bits per heavy atom. The fourth-order valence-corrected chi connectivity index (χ4v) is 2.46. The smallest absolute Gasteiger partial charge is 0.244 e. The van der Waals surface area contributed by atoms with E-state index in [-0.39, 0.29) is 11.3 Å². The molecule has 24 heavy (non-hydrogen) atoms. The molecule has 1 amide bonds. The van der Waals surface area contributed by atoms with Crippen molar-refractivity contribution in [1.82, 2.24) is 5.32 Å². The molecule has 0 spiro atoms. The Labute approximate surface area is 143 Å². The third-order valence-corrected chi connectivity index (χ3v) is 3.90. The quantitative estimate of drug-likeness (QED) is 0.736. The number of hydrogen-bond donors (Lipinski definition) is 1. The van der Waals surface area contributed by atoms with Crippen LogP contribution >= 0.6 is 11.6 Å². The van der Waals surface area contributed by atoms with Gasteiger partial charge in [0.1, 0.15) is 11.8 Å². The molecule has 1 aromatic heterocycles. The summed E-state index contributed by atoms with van der Waals surface area (Å²) in [7, 11) is 0. The Hall–Kier alpha value is -2.85. The molecule has 0 radical (unpaired) electrons. The summed E-state index contributed by atoms with van der Waals surface area (Å²) in [5.41, 5.74) is 1.49. The zero-order chi connectivity index (χ0) is 16.9. The highest BCUT2D eigenvalue weighted by Crippen LogP contribution is 2.14. The second-order valence-corrected chi connectivity index (χ2v) is 5.57. The fraction of sp³-hybridized carbons (Fsp3) is 0.0526. The molecule has 0 bridgehead atoms. The highest BCUT2D eigenvalue weighted by atomic mass is 35.5. The summed E-state index contributed by atoms with van der Waals surface area (Å²) in [6, 6.07) is 14.3. The van der Waals surface area contributed by atoms with Crippen LogP contribution in [0, 0.1) is 0 Å². The summed E-state index contributed by atoms with van der Waals surface area (Å²) >= 11 is 6.03. The molecule has 0 saturated carbocycles. The summed E-state index contributed by atoms with van der Waals surface area (Å²) in [5, 5.41) is 3.80. The summed E-state index contributed by atoms with van der Waals surface area (Å²) < 4.78 is 5.40. The minimum Gasteiger partial charge on any atom is -0.463 e. The number of carbonyl (C=O) groups excluding carboxylic acids is 1. The number of rotatable bonds is 4. The van der Waals surface area contributed by atoms with Crippen LogP contribution in [0.15, 0.2) is 70.1 Å². The molecule has 0 aliphatic heterocycles. The molecule has 4 nitrogen and oxygen atoms in total. The Balaban J connectivity index is 1.71. The summed E-state index contributed by atoms with van der Waals surface area (Å²) in [5.74, 6) is -0.317. The zero-order valence-electron chi connectivity index (χ0n) is 12.7. The first-order valence-electron chi connectivity index (χ1n) is 7.35. The Bertz CT molecular complexity index is 976. The van der Waals surface area contributed by atoms with Crippen molar-refractivity contribution in [3.05, 3.63) is 87.2 Å². The first kappa shape index (κ1) is 16.0. The average molecular weight is 340 g/mol. The molecule has 0 aliphatic carbocycles. The van der Waals surface area contributed by atoms with Crippen molar-refractivity contribution in [2.75, 3.05) is 0 Å². The molecule has 0 fully saturated rings. The molecule has 0 atom stereocenters. The minimum atomic E-state index is -0.317. The van der Waals surface area contributed by atoms with E-state index in [1.54, 1.807) is 30.3 Å². The monoisotopic (exact) mass is 339 g/mol. The Morgan fingerprint density at radius 1 is 1.12 bits per heavy atom. The molecule has 0 aliphatic rings. The maximum Gasteiger partial charge on any atom is 0.244 e. The predicted octanol–water partition coefficient (Wildman–Crippen LogP) is 3.78. The van der Waals surface area contributed by atoms with E-state index in [2.05, 4.69) is 5.32 Å². The molecule has 0 unspecified atom stereocenters. The molecule has 0 saturated heterocycles. The van der Waals surface area contributed by atoms with Gasteiger partial charge in [0.2, 0.25) is 5.91 Å². The lowest BCUT2D eigenvalue weighted by molar-refractivity contribution is -0.116. The van der Waals surface area contributed by atoms with Crippen molar-refractivity contribution >= 4 is 34.6 Å². The van der Waals surface area contributed by atoms with Gasteiger partial charge in [-0.3, -0.25) is 9.59 Å². The van der Waals surface area contributed by atoms with Crippen molar-refractivity contribution in [1.29, 1.82) is 0 Å². The normalized spacial score (nSPS) is 11.0. The van der Waals surface area contributed by atoms with Crippen LogP contribution < -0.4 is 10.7 Å². The first-order chi connectivity index (χ1) is 11.6. The van der Waals surface area contributed by atoms with Gasteiger partial charge in [-0.05, 0) is 29.8 Å². The lowest BCUT2D eigenvalue weighted by Gasteiger charge is -2.04. The van der Waals surface area contributed by atoms with Crippen molar-refractivity contribution in [2.24, 2.45) is 0 Å². The first-order valence-corrected chi connectivity index (χ1v) is 7.73. The number of benzene rings is 2. The van der Waals surface area contributed by atoms with Crippen LogP contribution in [0.4, 0.5) is 0 Å². The molecular formula is C19H14ClNO3. The van der Waals surface area contributed by atoms with Crippen LogP contribution in [0.3, 0.4) is 0 Å². The van der Waals surface area contributed by atoms with E-state index in [9.17, 15) is 9.59 Å². The van der Waals surface area contributed by atoms with Crippen molar-refractivity contribution in [3.63, 3.8) is 0 Å². The Morgan fingerprint density at radius 2 is 1.88 bits per heavy atom. The second-order valence-electron chi connectivity index (χ2n) is 5.16. The largest absolute Gasteiger partial charge is 0.463 e. The average Bonchev–Trinajstić information content (AvgIpc) is 2.61. The Kier molecular flexibility index (Phi) is 4.77. The van der Waals surface area contributed by atoms with Gasteiger partial charge in [-0.25, -0.2) is 0 Å². The van der Waals surface area contributed by atoms with E-state index in [4.69, 9.17) is 16.0 Å². The zero-order valence-corrected chi connectivity index (χ0v) is 13.4. The van der Waals surface area contributed by atoms with E-state index < -0.39 is 0 Å². The highest BCUT2D eigenvalue weighted by Gasteiger charge is 2.05. The number of fused-ring (bicyclic) bond motifs is 1. The fourth-order valence-electron chi connectivity index (χ4n) is 2.26. The van der Waals surface area contributed by atoms with Crippen LogP contribution in [-0.4, -0.2) is 5.91 Å². The SMILES string of the molecule is O=C(/C=C/c1coc2ccccc2c1=O)NCc1ccccc1Cl. The van der Waals surface area contributed by atoms with Gasteiger partial charge >= 0.3 is 0 Å². The third-order valence-electron chi connectivity index (χ3n) is 3.53. The van der Waals surface area contributed by atoms with Crippen LogP contribution in [0.2, 0.25) is 5.02 Å². The number of hydrogen-bond acceptors (Lipinski definition) is 3. The lowest BCUT2D eigenvalue weighted by Crippen LogP contribution is -2.20. The van der Waals surface area contributed by atoms with E-state index in [1.165, 1.54) is 18.4 Å². The van der Waals surface area contributed by atoms with E-state index in [1.807, 2.05) is 18.2 Å². The summed E-state index contributed by atoms with van der Waals surface area (Å²) in [4.78, 5) is 24.2. The maximum atomic E-state index is 12.3. The molecule has 1 N–H and O–H groups in total. The summed E-state index contributed by atoms with van der Waals surface area (Å²) in [6.45, 7) is 0.315. The van der Waals surface area contributed by atoms with Gasteiger partial charge in [0, 0.05) is 17.6 Å². The highest BCUT2D eigenvalue weighted by molar-refractivity contribution is 6.31. The number of halogens is 1. The van der Waals surface area contributed by atoms with Gasteiger partial charge in [0.15, 0.2) is 5.43 Å². The number of amides is 1. The van der Waals surface area contributed by atoms with Crippen LogP contribution in [-0.2, 0) is 11.3 Å². The van der Waals surface area contributed by atoms with Crippen molar-refractivity contribution in [3.8, 4) is 0 Å². The van der Waals surface area contributed by atoms with Gasteiger partial charge in [0.25, 0.3) is 0 Å². The van der Waals surface area contributed by atoms with Crippen molar-refractivity contribution in [2.45, 2.75) is 6.54 Å². The van der Waals surface area contributed by atoms with Crippen LogP contribution in [0.25, 0.3) is 17.0 Å². The summed E-state index contributed by atoms with van der Waals surface area (Å²) in [6.07, 6.45) is 4.10. The van der Waals surface area contributed by atoms with E-state index in [0.29, 0.717) is 28.1 Å². The molecule has 3 aromatic rings.